The summed E-state index contributed by atoms with van der Waals surface area (Å²) in [4.78, 5) is 23.8. The molecule has 0 saturated carbocycles. The molecule has 0 fully saturated rings. The monoisotopic (exact) mass is 348 g/mol. The number of para-hydroxylation sites is 1. The second-order valence-corrected chi connectivity index (χ2v) is 5.34. The van der Waals surface area contributed by atoms with Crippen molar-refractivity contribution < 1.29 is 19.1 Å². The Morgan fingerprint density at radius 3 is 2.54 bits per heavy atom. The summed E-state index contributed by atoms with van der Waals surface area (Å²) in [7, 11) is 1.47. The second kappa shape index (κ2) is 8.21. The van der Waals surface area contributed by atoms with Gasteiger partial charge in [0.2, 0.25) is 0 Å². The lowest BCUT2D eigenvalue weighted by Crippen LogP contribution is -2.43. The van der Waals surface area contributed by atoms with Crippen molar-refractivity contribution in [2.75, 3.05) is 13.7 Å². The van der Waals surface area contributed by atoms with E-state index in [0.717, 1.165) is 5.56 Å². The van der Waals surface area contributed by atoms with E-state index in [-0.39, 0.29) is 6.61 Å². The Morgan fingerprint density at radius 1 is 1.08 bits per heavy atom. The number of methoxy groups -OCH3 is 1. The number of carbonyl (C=O) groups is 2. The number of hydrazine groups is 1. The Balaban J connectivity index is 1.85. The van der Waals surface area contributed by atoms with E-state index in [4.69, 9.17) is 21.1 Å². The lowest BCUT2D eigenvalue weighted by molar-refractivity contribution is -0.123. The van der Waals surface area contributed by atoms with Crippen LogP contribution in [-0.2, 0) is 4.79 Å². The first kappa shape index (κ1) is 17.6. The Bertz CT molecular complexity index is 749. The number of nitrogens with one attached hydrogen (secondary N) is 2. The van der Waals surface area contributed by atoms with E-state index in [1.54, 1.807) is 42.5 Å². The van der Waals surface area contributed by atoms with Crippen molar-refractivity contribution >= 4 is 23.4 Å². The fourth-order valence-corrected chi connectivity index (χ4v) is 2.21. The molecule has 7 heteroatoms. The fraction of sp³-hybridized carbons (Fsp3) is 0.176. The number of ether oxygens (including phenoxy) is 2. The molecular weight excluding hydrogens is 332 g/mol. The molecule has 0 bridgehead atoms. The van der Waals surface area contributed by atoms with Crippen LogP contribution in [-0.4, -0.2) is 25.5 Å². The first-order valence-electron chi connectivity index (χ1n) is 7.12. The van der Waals surface area contributed by atoms with Gasteiger partial charge in [-0.1, -0.05) is 23.7 Å². The van der Waals surface area contributed by atoms with Gasteiger partial charge in [0, 0.05) is 5.02 Å². The lowest BCUT2D eigenvalue weighted by Gasteiger charge is -2.11. The Kier molecular flexibility index (Phi) is 6.03. The minimum absolute atomic E-state index is 0.241. The lowest BCUT2D eigenvalue weighted by atomic mass is 10.2. The van der Waals surface area contributed by atoms with Crippen LogP contribution in [0.25, 0.3) is 0 Å². The van der Waals surface area contributed by atoms with Gasteiger partial charge in [0.25, 0.3) is 11.8 Å². The van der Waals surface area contributed by atoms with Crippen LogP contribution in [0.15, 0.2) is 42.5 Å². The number of hydrogen-bond donors (Lipinski definition) is 2. The zero-order chi connectivity index (χ0) is 17.5. The molecule has 0 aromatic heterocycles. The highest BCUT2D eigenvalue weighted by Crippen LogP contribution is 2.21. The maximum atomic E-state index is 12.0. The maximum Gasteiger partial charge on any atom is 0.276 e. The van der Waals surface area contributed by atoms with Gasteiger partial charge in [0.15, 0.2) is 6.61 Å². The minimum atomic E-state index is -0.493. The molecule has 126 valence electrons. The number of halogens is 1. The van der Waals surface area contributed by atoms with Gasteiger partial charge in [-0.05, 0) is 42.8 Å². The predicted octanol–water partition coefficient (Wildman–Crippen LogP) is 2.50. The molecule has 0 atom stereocenters. The molecule has 0 heterocycles. The molecule has 24 heavy (non-hydrogen) atoms. The van der Waals surface area contributed by atoms with E-state index >= 15 is 0 Å². The molecule has 2 amide bonds. The fourth-order valence-electron chi connectivity index (χ4n) is 1.98. The standard InChI is InChI=1S/C17H17ClN2O4/c1-11-9-12(18)7-8-14(11)24-10-16(21)19-20-17(22)13-5-3-4-6-15(13)23-2/h3-9H,10H2,1-2H3,(H,19,21)(H,20,22). The van der Waals surface area contributed by atoms with Gasteiger partial charge in [-0.2, -0.15) is 0 Å². The molecule has 2 aromatic carbocycles. The summed E-state index contributed by atoms with van der Waals surface area (Å²) in [6.07, 6.45) is 0. The van der Waals surface area contributed by atoms with Gasteiger partial charge in [0.05, 0.1) is 12.7 Å². The topological polar surface area (TPSA) is 76.7 Å². The van der Waals surface area contributed by atoms with Crippen molar-refractivity contribution in [2.24, 2.45) is 0 Å². The summed E-state index contributed by atoms with van der Waals surface area (Å²) >= 11 is 5.85. The zero-order valence-electron chi connectivity index (χ0n) is 13.3. The molecule has 2 rings (SSSR count). The van der Waals surface area contributed by atoms with Crippen LogP contribution in [0.1, 0.15) is 15.9 Å². The van der Waals surface area contributed by atoms with Gasteiger partial charge < -0.3 is 9.47 Å². The van der Waals surface area contributed by atoms with Crippen molar-refractivity contribution in [1.29, 1.82) is 0 Å². The Hall–Kier alpha value is -2.73. The highest BCUT2D eigenvalue weighted by molar-refractivity contribution is 6.30. The summed E-state index contributed by atoms with van der Waals surface area (Å²) in [5.41, 5.74) is 5.73. The summed E-state index contributed by atoms with van der Waals surface area (Å²) < 4.78 is 10.5. The summed E-state index contributed by atoms with van der Waals surface area (Å²) in [5, 5.41) is 0.591. The van der Waals surface area contributed by atoms with Crippen molar-refractivity contribution in [3.8, 4) is 11.5 Å². The normalized spacial score (nSPS) is 9.96. The molecule has 0 unspecified atom stereocenters. The van der Waals surface area contributed by atoms with Crippen LogP contribution in [0, 0.1) is 6.92 Å². The molecule has 0 saturated heterocycles. The maximum absolute atomic E-state index is 12.0. The van der Waals surface area contributed by atoms with Crippen LogP contribution in [0.4, 0.5) is 0 Å². The summed E-state index contributed by atoms with van der Waals surface area (Å²) in [6, 6.07) is 11.8. The van der Waals surface area contributed by atoms with Gasteiger partial charge in [-0.3, -0.25) is 20.4 Å². The number of rotatable bonds is 5. The largest absolute Gasteiger partial charge is 0.496 e. The van der Waals surface area contributed by atoms with Gasteiger partial charge in [-0.25, -0.2) is 0 Å². The molecule has 2 N–H and O–H groups in total. The molecule has 6 nitrogen and oxygen atoms in total. The molecule has 0 radical (unpaired) electrons. The average molecular weight is 349 g/mol. The number of benzene rings is 2. The van der Waals surface area contributed by atoms with Crippen molar-refractivity contribution in [3.05, 3.63) is 58.6 Å². The minimum Gasteiger partial charge on any atom is -0.496 e. The Labute approximate surface area is 144 Å². The predicted molar refractivity (Wildman–Crippen MR) is 90.3 cm³/mol. The average Bonchev–Trinajstić information content (AvgIpc) is 2.58. The SMILES string of the molecule is COc1ccccc1C(=O)NNC(=O)COc1ccc(Cl)cc1C. The molecule has 2 aromatic rings. The van der Waals surface area contributed by atoms with Crippen LogP contribution in [0.5, 0.6) is 11.5 Å². The molecule has 0 aliphatic rings. The van der Waals surface area contributed by atoms with E-state index in [2.05, 4.69) is 10.9 Å². The smallest absolute Gasteiger partial charge is 0.276 e. The highest BCUT2D eigenvalue weighted by atomic mass is 35.5. The number of aryl methyl sites for hydroxylation is 1. The van der Waals surface area contributed by atoms with Crippen LogP contribution < -0.4 is 20.3 Å². The molecular formula is C17H17ClN2O4. The number of carbonyl (C=O) groups excluding carboxylic acids is 2. The first-order chi connectivity index (χ1) is 11.5. The van der Waals surface area contributed by atoms with Gasteiger partial charge in [0.1, 0.15) is 11.5 Å². The molecule has 0 aliphatic carbocycles. The van der Waals surface area contributed by atoms with Crippen LogP contribution in [0.2, 0.25) is 5.02 Å². The third kappa shape index (κ3) is 4.63. The number of amides is 2. The number of hydrogen-bond acceptors (Lipinski definition) is 4. The Morgan fingerprint density at radius 2 is 1.83 bits per heavy atom. The first-order valence-corrected chi connectivity index (χ1v) is 7.50. The third-order valence-electron chi connectivity index (χ3n) is 3.16. The molecule has 0 spiro atoms. The van der Waals surface area contributed by atoms with Crippen molar-refractivity contribution in [3.63, 3.8) is 0 Å². The van der Waals surface area contributed by atoms with Crippen LogP contribution in [0.3, 0.4) is 0 Å². The van der Waals surface area contributed by atoms with E-state index < -0.39 is 11.8 Å². The van der Waals surface area contributed by atoms with Crippen molar-refractivity contribution in [1.82, 2.24) is 10.9 Å². The van der Waals surface area contributed by atoms with Gasteiger partial charge in [-0.15, -0.1) is 0 Å². The van der Waals surface area contributed by atoms with E-state index in [1.807, 2.05) is 6.92 Å². The quantitative estimate of drug-likeness (QED) is 0.814. The second-order valence-electron chi connectivity index (χ2n) is 4.90. The van der Waals surface area contributed by atoms with E-state index in [9.17, 15) is 9.59 Å². The van der Waals surface area contributed by atoms with E-state index in [0.29, 0.717) is 22.1 Å². The zero-order valence-corrected chi connectivity index (χ0v) is 14.0. The van der Waals surface area contributed by atoms with Crippen molar-refractivity contribution in [2.45, 2.75) is 6.92 Å². The molecule has 0 aliphatic heterocycles. The van der Waals surface area contributed by atoms with E-state index in [1.165, 1.54) is 7.11 Å². The summed E-state index contributed by atoms with van der Waals surface area (Å²) in [5.74, 6) is -0.0148. The third-order valence-corrected chi connectivity index (χ3v) is 3.40. The van der Waals surface area contributed by atoms with Crippen LogP contribution >= 0.6 is 11.6 Å². The highest BCUT2D eigenvalue weighted by Gasteiger charge is 2.12. The van der Waals surface area contributed by atoms with Gasteiger partial charge >= 0.3 is 0 Å². The summed E-state index contributed by atoms with van der Waals surface area (Å²) in [6.45, 7) is 1.58.